The molecule has 0 bridgehead atoms. The van der Waals surface area contributed by atoms with Gasteiger partial charge in [0.05, 0.1) is 17.2 Å². The van der Waals surface area contributed by atoms with Gasteiger partial charge in [0.15, 0.2) is 0 Å². The van der Waals surface area contributed by atoms with Crippen LogP contribution in [0.1, 0.15) is 35.3 Å². The molecule has 1 aliphatic heterocycles. The summed E-state index contributed by atoms with van der Waals surface area (Å²) in [7, 11) is 0. The molecule has 0 aliphatic carbocycles. The second-order valence-corrected chi connectivity index (χ2v) is 6.03. The molecule has 116 valence electrons. The van der Waals surface area contributed by atoms with E-state index in [1.807, 2.05) is 19.9 Å². The van der Waals surface area contributed by atoms with Crippen molar-refractivity contribution in [1.29, 1.82) is 5.26 Å². The van der Waals surface area contributed by atoms with E-state index in [0.717, 1.165) is 5.56 Å². The highest BCUT2D eigenvalue weighted by Crippen LogP contribution is 2.42. The van der Waals surface area contributed by atoms with E-state index in [9.17, 15) is 9.90 Å². The SMILES string of the molecule is CC1(C)Cc2c(Oc3ccc(C#N)cc3)cc(C(=O)O)cc2O1. The van der Waals surface area contributed by atoms with Crippen molar-refractivity contribution in [2.75, 3.05) is 0 Å². The van der Waals surface area contributed by atoms with Crippen LogP contribution < -0.4 is 9.47 Å². The lowest BCUT2D eigenvalue weighted by Gasteiger charge is -2.16. The normalized spacial score (nSPS) is 14.5. The van der Waals surface area contributed by atoms with Gasteiger partial charge >= 0.3 is 5.97 Å². The van der Waals surface area contributed by atoms with Crippen molar-refractivity contribution < 1.29 is 19.4 Å². The topological polar surface area (TPSA) is 79.5 Å². The summed E-state index contributed by atoms with van der Waals surface area (Å²) >= 11 is 0. The third-order valence-corrected chi connectivity index (χ3v) is 3.61. The van der Waals surface area contributed by atoms with Crippen molar-refractivity contribution in [3.05, 3.63) is 53.1 Å². The summed E-state index contributed by atoms with van der Waals surface area (Å²) in [6.45, 7) is 3.89. The summed E-state index contributed by atoms with van der Waals surface area (Å²) in [6, 6.07) is 11.7. The summed E-state index contributed by atoms with van der Waals surface area (Å²) in [6.07, 6.45) is 0.633. The molecule has 5 nitrogen and oxygen atoms in total. The molecule has 0 atom stereocenters. The number of carboxylic acids is 1. The monoisotopic (exact) mass is 309 g/mol. The van der Waals surface area contributed by atoms with Crippen molar-refractivity contribution in [3.63, 3.8) is 0 Å². The van der Waals surface area contributed by atoms with Gasteiger partial charge in [0, 0.05) is 12.0 Å². The first-order valence-corrected chi connectivity index (χ1v) is 7.15. The minimum absolute atomic E-state index is 0.116. The molecule has 0 amide bonds. The van der Waals surface area contributed by atoms with E-state index < -0.39 is 11.6 Å². The summed E-state index contributed by atoms with van der Waals surface area (Å²) in [4.78, 5) is 11.3. The number of aromatic carboxylic acids is 1. The van der Waals surface area contributed by atoms with Gasteiger partial charge in [-0.25, -0.2) is 4.79 Å². The fourth-order valence-corrected chi connectivity index (χ4v) is 2.58. The van der Waals surface area contributed by atoms with Crippen LogP contribution in [0.15, 0.2) is 36.4 Å². The van der Waals surface area contributed by atoms with Gasteiger partial charge in [0.25, 0.3) is 0 Å². The van der Waals surface area contributed by atoms with Gasteiger partial charge in [0.1, 0.15) is 22.8 Å². The fraction of sp³-hybridized carbons (Fsp3) is 0.222. The van der Waals surface area contributed by atoms with Crippen LogP contribution in [0.4, 0.5) is 0 Å². The highest BCUT2D eigenvalue weighted by Gasteiger charge is 2.33. The summed E-state index contributed by atoms with van der Waals surface area (Å²) in [5.74, 6) is 0.512. The quantitative estimate of drug-likeness (QED) is 0.933. The van der Waals surface area contributed by atoms with Crippen LogP contribution in [0.2, 0.25) is 0 Å². The number of rotatable bonds is 3. The van der Waals surface area contributed by atoms with Crippen molar-refractivity contribution in [1.82, 2.24) is 0 Å². The van der Waals surface area contributed by atoms with Crippen LogP contribution in [-0.2, 0) is 6.42 Å². The van der Waals surface area contributed by atoms with Gasteiger partial charge in [-0.05, 0) is 50.2 Å². The summed E-state index contributed by atoms with van der Waals surface area (Å²) in [5, 5.41) is 18.1. The van der Waals surface area contributed by atoms with Crippen LogP contribution >= 0.6 is 0 Å². The highest BCUT2D eigenvalue weighted by molar-refractivity contribution is 5.89. The third kappa shape index (κ3) is 2.97. The van der Waals surface area contributed by atoms with Crippen molar-refractivity contribution in [3.8, 4) is 23.3 Å². The first-order valence-electron chi connectivity index (χ1n) is 7.15. The molecule has 23 heavy (non-hydrogen) atoms. The zero-order valence-electron chi connectivity index (χ0n) is 12.8. The molecule has 1 heterocycles. The Kier molecular flexibility index (Phi) is 3.45. The average molecular weight is 309 g/mol. The number of fused-ring (bicyclic) bond motifs is 1. The summed E-state index contributed by atoms with van der Waals surface area (Å²) < 4.78 is 11.7. The number of hydrogen-bond donors (Lipinski definition) is 1. The molecule has 2 aromatic rings. The van der Waals surface area contributed by atoms with E-state index in [2.05, 4.69) is 0 Å². The van der Waals surface area contributed by atoms with Gasteiger partial charge in [0.2, 0.25) is 0 Å². The Labute approximate surface area is 133 Å². The van der Waals surface area contributed by atoms with E-state index in [1.165, 1.54) is 12.1 Å². The third-order valence-electron chi connectivity index (χ3n) is 3.61. The predicted molar refractivity (Wildman–Crippen MR) is 83.0 cm³/mol. The second-order valence-electron chi connectivity index (χ2n) is 6.03. The molecular formula is C18H15NO4. The maximum Gasteiger partial charge on any atom is 0.335 e. The minimum Gasteiger partial charge on any atom is -0.487 e. The number of carbonyl (C=O) groups is 1. The second kappa shape index (κ2) is 5.33. The van der Waals surface area contributed by atoms with Gasteiger partial charge in [-0.3, -0.25) is 0 Å². The van der Waals surface area contributed by atoms with Crippen molar-refractivity contribution in [2.24, 2.45) is 0 Å². The van der Waals surface area contributed by atoms with E-state index in [1.54, 1.807) is 24.3 Å². The fourth-order valence-electron chi connectivity index (χ4n) is 2.58. The molecule has 0 fully saturated rings. The molecule has 0 saturated heterocycles. The Bertz CT molecular complexity index is 816. The van der Waals surface area contributed by atoms with E-state index in [4.69, 9.17) is 14.7 Å². The van der Waals surface area contributed by atoms with Gasteiger partial charge in [-0.1, -0.05) is 0 Å². The molecule has 0 unspecified atom stereocenters. The minimum atomic E-state index is -1.04. The number of benzene rings is 2. The predicted octanol–water partition coefficient (Wildman–Crippen LogP) is 3.76. The lowest BCUT2D eigenvalue weighted by molar-refractivity contribution is 0.0695. The molecule has 0 radical (unpaired) electrons. The van der Waals surface area contributed by atoms with Gasteiger partial charge in [-0.2, -0.15) is 5.26 Å². The Morgan fingerprint density at radius 1 is 1.30 bits per heavy atom. The van der Waals surface area contributed by atoms with Crippen molar-refractivity contribution >= 4 is 5.97 Å². The van der Waals surface area contributed by atoms with Crippen molar-refractivity contribution in [2.45, 2.75) is 25.9 Å². The number of carboxylic acid groups (broad SMARTS) is 1. The van der Waals surface area contributed by atoms with Crippen LogP contribution in [0.3, 0.4) is 0 Å². The zero-order chi connectivity index (χ0) is 16.6. The Morgan fingerprint density at radius 2 is 2.00 bits per heavy atom. The molecular weight excluding hydrogens is 294 g/mol. The first kappa shape index (κ1) is 14.9. The molecule has 5 heteroatoms. The van der Waals surface area contributed by atoms with E-state index in [-0.39, 0.29) is 5.56 Å². The largest absolute Gasteiger partial charge is 0.487 e. The lowest BCUT2D eigenvalue weighted by atomic mass is 10.00. The van der Waals surface area contributed by atoms with Crippen LogP contribution in [-0.4, -0.2) is 16.7 Å². The number of hydrogen-bond acceptors (Lipinski definition) is 4. The lowest BCUT2D eigenvalue weighted by Crippen LogP contribution is -2.24. The molecule has 0 spiro atoms. The maximum absolute atomic E-state index is 11.3. The number of nitrogens with zero attached hydrogens (tertiary/aromatic N) is 1. The summed E-state index contributed by atoms with van der Waals surface area (Å²) in [5.41, 5.74) is 1.10. The Morgan fingerprint density at radius 3 is 2.61 bits per heavy atom. The van der Waals surface area contributed by atoms with Crippen LogP contribution in [0.5, 0.6) is 17.2 Å². The average Bonchev–Trinajstić information content (AvgIpc) is 2.82. The van der Waals surface area contributed by atoms with E-state index >= 15 is 0 Å². The van der Waals surface area contributed by atoms with Gasteiger partial charge < -0.3 is 14.6 Å². The van der Waals surface area contributed by atoms with Gasteiger partial charge in [-0.15, -0.1) is 0 Å². The Balaban J connectivity index is 2.01. The standard InChI is InChI=1S/C18H15NO4/c1-18(2)9-14-15(7-12(17(20)21)8-16(14)23-18)22-13-5-3-11(10-19)4-6-13/h3-8H,9H2,1-2H3,(H,20,21). The maximum atomic E-state index is 11.3. The number of nitriles is 1. The molecule has 0 saturated carbocycles. The van der Waals surface area contributed by atoms with Crippen LogP contribution in [0.25, 0.3) is 0 Å². The number of ether oxygens (including phenoxy) is 2. The highest BCUT2D eigenvalue weighted by atomic mass is 16.5. The first-order chi connectivity index (χ1) is 10.9. The smallest absolute Gasteiger partial charge is 0.335 e. The Hall–Kier alpha value is -3.00. The molecule has 3 rings (SSSR count). The van der Waals surface area contributed by atoms with Crippen LogP contribution in [0, 0.1) is 11.3 Å². The molecule has 1 N–H and O–H groups in total. The van der Waals surface area contributed by atoms with E-state index in [0.29, 0.717) is 29.2 Å². The molecule has 1 aliphatic rings. The molecule has 2 aromatic carbocycles. The zero-order valence-corrected chi connectivity index (χ0v) is 12.8. The molecule has 0 aromatic heterocycles.